The van der Waals surface area contributed by atoms with Crippen molar-refractivity contribution in [3.05, 3.63) is 59.2 Å². The van der Waals surface area contributed by atoms with Crippen molar-refractivity contribution in [3.8, 4) is 11.8 Å². The predicted octanol–water partition coefficient (Wildman–Crippen LogP) is 5.89. The summed E-state index contributed by atoms with van der Waals surface area (Å²) in [6.07, 6.45) is -1.85. The van der Waals surface area contributed by atoms with Crippen molar-refractivity contribution < 1.29 is 17.6 Å². The Kier molecular flexibility index (Phi) is 4.78. The van der Waals surface area contributed by atoms with E-state index in [0.29, 0.717) is 41.3 Å². The fourth-order valence-corrected chi connectivity index (χ4v) is 4.86. The summed E-state index contributed by atoms with van der Waals surface area (Å²) in [7, 11) is 0. The molecule has 0 N–H and O–H groups in total. The van der Waals surface area contributed by atoms with Crippen LogP contribution in [-0.2, 0) is 6.42 Å². The zero-order valence-electron chi connectivity index (χ0n) is 19.0. The first-order valence-corrected chi connectivity index (χ1v) is 11.6. The lowest BCUT2D eigenvalue weighted by molar-refractivity contribution is -0.168. The van der Waals surface area contributed by atoms with Crippen LogP contribution in [0.25, 0.3) is 16.7 Å². The smallest absolute Gasteiger partial charge is 0.325 e. The Balaban J connectivity index is 1.53. The zero-order valence-corrected chi connectivity index (χ0v) is 19.0. The Morgan fingerprint density at radius 3 is 2.66 bits per heavy atom. The van der Waals surface area contributed by atoms with Crippen molar-refractivity contribution in [3.63, 3.8) is 0 Å². The summed E-state index contributed by atoms with van der Waals surface area (Å²) >= 11 is 0. The molecule has 0 unspecified atom stereocenters. The molecule has 0 radical (unpaired) electrons. The molecule has 35 heavy (non-hydrogen) atoms. The molecule has 0 atom stereocenters. The summed E-state index contributed by atoms with van der Waals surface area (Å²) in [5.74, 6) is 6.59. The van der Waals surface area contributed by atoms with Crippen molar-refractivity contribution in [1.82, 2.24) is 19.6 Å². The monoisotopic (exact) mass is 479 g/mol. The Bertz CT molecular complexity index is 1540. The number of hydrogen-bond donors (Lipinski definition) is 0. The van der Waals surface area contributed by atoms with Crippen LogP contribution in [0.15, 0.2) is 36.4 Å². The van der Waals surface area contributed by atoms with Gasteiger partial charge in [0.2, 0.25) is 0 Å². The highest BCUT2D eigenvalue weighted by Crippen LogP contribution is 2.57. The van der Waals surface area contributed by atoms with Crippen LogP contribution in [0, 0.1) is 30.0 Å². The molecule has 2 aliphatic rings. The summed E-state index contributed by atoms with van der Waals surface area (Å²) in [6.45, 7) is 2.43. The summed E-state index contributed by atoms with van der Waals surface area (Å²) in [4.78, 5) is 6.76. The lowest BCUT2D eigenvalue weighted by Crippen LogP contribution is -2.22. The van der Waals surface area contributed by atoms with E-state index in [9.17, 15) is 17.6 Å². The van der Waals surface area contributed by atoms with E-state index in [1.54, 1.807) is 22.6 Å². The molecule has 3 heterocycles. The Hall–Kier alpha value is -3.67. The number of benzene rings is 2. The molecule has 0 amide bonds. The van der Waals surface area contributed by atoms with E-state index in [1.165, 1.54) is 12.1 Å². The highest BCUT2D eigenvalue weighted by molar-refractivity contribution is 5.94. The number of aromatic nitrogens is 4. The van der Waals surface area contributed by atoms with Crippen LogP contribution in [-0.4, -0.2) is 32.3 Å². The number of halogens is 4. The minimum Gasteiger partial charge on any atom is -0.325 e. The third-order valence-corrected chi connectivity index (χ3v) is 6.94. The van der Waals surface area contributed by atoms with Gasteiger partial charge < -0.3 is 4.90 Å². The lowest BCUT2D eigenvalue weighted by Gasteiger charge is -2.26. The highest BCUT2D eigenvalue weighted by Gasteiger charge is 2.62. The van der Waals surface area contributed by atoms with Crippen LogP contribution in [0.2, 0.25) is 0 Å². The fourth-order valence-electron chi connectivity index (χ4n) is 4.86. The first-order chi connectivity index (χ1) is 16.8. The standard InChI is InChI=1S/C26H21F4N5/c1-16-32-33-24-31-23(20-15-18(27)8-9-22(20)35(16)24)34-14-3-2-6-19-17(5-4-7-21(19)34)10-11-25(12-13-25)26(28,29)30/h4-5,7-9,15H,2-3,6,12-14H2,1H3. The van der Waals surface area contributed by atoms with Crippen LogP contribution >= 0.6 is 0 Å². The van der Waals surface area contributed by atoms with Crippen LogP contribution in [0.4, 0.5) is 29.1 Å². The number of hydrogen-bond acceptors (Lipinski definition) is 4. The van der Waals surface area contributed by atoms with Gasteiger partial charge in [0.05, 0.1) is 5.52 Å². The Labute approximate surface area is 198 Å². The van der Waals surface area contributed by atoms with Gasteiger partial charge in [-0.15, -0.1) is 10.2 Å². The molecular formula is C26H21F4N5. The summed E-state index contributed by atoms with van der Waals surface area (Å²) in [5, 5.41) is 8.92. The topological polar surface area (TPSA) is 46.3 Å². The largest absolute Gasteiger partial charge is 0.405 e. The van der Waals surface area contributed by atoms with Gasteiger partial charge in [0, 0.05) is 23.2 Å². The van der Waals surface area contributed by atoms with Gasteiger partial charge in [-0.25, -0.2) is 4.39 Å². The summed E-state index contributed by atoms with van der Waals surface area (Å²) in [6, 6.07) is 10.0. The van der Waals surface area contributed by atoms with E-state index in [2.05, 4.69) is 22.0 Å². The minimum absolute atomic E-state index is 0.0455. The van der Waals surface area contributed by atoms with E-state index >= 15 is 0 Å². The zero-order chi connectivity index (χ0) is 24.4. The maximum atomic E-state index is 14.4. The van der Waals surface area contributed by atoms with Gasteiger partial charge in [-0.3, -0.25) is 4.40 Å². The normalized spacial score (nSPS) is 17.1. The molecule has 1 aliphatic carbocycles. The number of rotatable bonds is 1. The Morgan fingerprint density at radius 1 is 1.06 bits per heavy atom. The average molecular weight is 479 g/mol. The Morgan fingerprint density at radius 2 is 1.89 bits per heavy atom. The van der Waals surface area contributed by atoms with E-state index in [-0.39, 0.29) is 18.7 Å². The van der Waals surface area contributed by atoms with E-state index in [0.717, 1.165) is 29.6 Å². The van der Waals surface area contributed by atoms with Crippen LogP contribution in [0.3, 0.4) is 0 Å². The van der Waals surface area contributed by atoms with Gasteiger partial charge in [0.25, 0.3) is 5.78 Å². The molecule has 1 aliphatic heterocycles. The molecule has 2 aromatic carbocycles. The number of aryl methyl sites for hydroxylation is 1. The van der Waals surface area contributed by atoms with Crippen LogP contribution in [0.1, 0.15) is 42.6 Å². The summed E-state index contributed by atoms with van der Waals surface area (Å²) < 4.78 is 56.5. The molecule has 178 valence electrons. The van der Waals surface area contributed by atoms with Gasteiger partial charge in [-0.2, -0.15) is 18.2 Å². The predicted molar refractivity (Wildman–Crippen MR) is 124 cm³/mol. The van der Waals surface area contributed by atoms with Crippen molar-refractivity contribution in [2.24, 2.45) is 5.41 Å². The van der Waals surface area contributed by atoms with E-state index in [1.807, 2.05) is 17.9 Å². The molecule has 0 spiro atoms. The van der Waals surface area contributed by atoms with Gasteiger partial charge in [0.15, 0.2) is 0 Å². The average Bonchev–Trinajstić information content (AvgIpc) is 3.58. The van der Waals surface area contributed by atoms with Crippen molar-refractivity contribution in [2.45, 2.75) is 45.2 Å². The van der Waals surface area contributed by atoms with Crippen LogP contribution in [0.5, 0.6) is 0 Å². The number of anilines is 2. The molecule has 9 heteroatoms. The lowest BCUT2D eigenvalue weighted by atomic mass is 9.99. The number of alkyl halides is 3. The molecule has 4 aromatic rings. The molecule has 1 saturated carbocycles. The maximum absolute atomic E-state index is 14.4. The molecule has 1 fully saturated rings. The second-order valence-electron chi connectivity index (χ2n) is 9.22. The quantitative estimate of drug-likeness (QED) is 0.252. The maximum Gasteiger partial charge on any atom is 0.405 e. The molecule has 6 rings (SSSR count). The SMILES string of the molecule is Cc1nnc2nc(N3CCCCc4c(C#CC5(C(F)(F)F)CC5)cccc43)c3cc(F)ccc3n12. The van der Waals surface area contributed by atoms with Gasteiger partial charge in [-0.1, -0.05) is 17.9 Å². The molecule has 2 aromatic heterocycles. The summed E-state index contributed by atoms with van der Waals surface area (Å²) in [5.41, 5.74) is 1.16. The van der Waals surface area contributed by atoms with Gasteiger partial charge >= 0.3 is 6.18 Å². The number of fused-ring (bicyclic) bond motifs is 4. The van der Waals surface area contributed by atoms with Gasteiger partial charge in [-0.05, 0) is 74.9 Å². The van der Waals surface area contributed by atoms with Crippen molar-refractivity contribution in [1.29, 1.82) is 0 Å². The second kappa shape index (κ2) is 7.67. The third kappa shape index (κ3) is 3.51. The number of nitrogens with zero attached hydrogens (tertiary/aromatic N) is 5. The minimum atomic E-state index is -4.32. The molecule has 0 saturated heterocycles. The van der Waals surface area contributed by atoms with E-state index < -0.39 is 11.6 Å². The highest BCUT2D eigenvalue weighted by atomic mass is 19.4. The van der Waals surface area contributed by atoms with Crippen molar-refractivity contribution in [2.75, 3.05) is 11.4 Å². The molecule has 5 nitrogen and oxygen atoms in total. The second-order valence-corrected chi connectivity index (χ2v) is 9.22. The third-order valence-electron chi connectivity index (χ3n) is 6.94. The first-order valence-electron chi connectivity index (χ1n) is 11.6. The first kappa shape index (κ1) is 21.8. The fraction of sp³-hybridized carbons (Fsp3) is 0.346. The van der Waals surface area contributed by atoms with Crippen molar-refractivity contribution >= 4 is 28.2 Å². The van der Waals surface area contributed by atoms with Gasteiger partial charge in [0.1, 0.15) is 22.9 Å². The van der Waals surface area contributed by atoms with Crippen LogP contribution < -0.4 is 4.90 Å². The molecular weight excluding hydrogens is 458 g/mol. The molecule has 0 bridgehead atoms. The van der Waals surface area contributed by atoms with E-state index in [4.69, 9.17) is 4.98 Å².